The van der Waals surface area contributed by atoms with E-state index in [0.717, 1.165) is 12.2 Å². The fraction of sp³-hybridized carbons (Fsp3) is 0.417. The van der Waals surface area contributed by atoms with Gasteiger partial charge in [0.05, 0.1) is 19.4 Å². The summed E-state index contributed by atoms with van der Waals surface area (Å²) in [6, 6.07) is 3.95. The zero-order valence-electron chi connectivity index (χ0n) is 10.8. The molecule has 0 aliphatic heterocycles. The van der Waals surface area contributed by atoms with Crippen LogP contribution < -0.4 is 9.64 Å². The molecule has 0 aliphatic rings. The molecule has 0 saturated heterocycles. The van der Waals surface area contributed by atoms with Crippen molar-refractivity contribution >= 4 is 17.5 Å². The molecule has 2 aromatic rings. The molecule has 0 radical (unpaired) electrons. The second-order valence-electron chi connectivity index (χ2n) is 3.97. The molecule has 0 atom stereocenters. The lowest BCUT2D eigenvalue weighted by Gasteiger charge is -2.15. The predicted molar refractivity (Wildman–Crippen MR) is 71.4 cm³/mol. The van der Waals surface area contributed by atoms with Crippen LogP contribution >= 0.6 is 11.6 Å². The topological polar surface area (TPSA) is 64.3 Å². The van der Waals surface area contributed by atoms with Gasteiger partial charge in [-0.1, -0.05) is 6.92 Å². The summed E-state index contributed by atoms with van der Waals surface area (Å²) in [7, 11) is 1.85. The molecule has 19 heavy (non-hydrogen) atoms. The minimum absolute atomic E-state index is 0.113. The molecule has 102 valence electrons. The summed E-state index contributed by atoms with van der Waals surface area (Å²) < 4.78 is 10.6. The monoisotopic (exact) mass is 282 g/mol. The fourth-order valence-corrected chi connectivity index (χ4v) is 1.61. The molecular formula is C12H15ClN4O2. The van der Waals surface area contributed by atoms with Crippen molar-refractivity contribution in [3.05, 3.63) is 29.4 Å². The summed E-state index contributed by atoms with van der Waals surface area (Å²) in [6.45, 7) is 3.09. The van der Waals surface area contributed by atoms with Gasteiger partial charge in [-0.05, 0) is 30.2 Å². The molecule has 0 bridgehead atoms. The molecule has 0 aliphatic carbocycles. The molecule has 2 rings (SSSR count). The van der Waals surface area contributed by atoms with Crippen LogP contribution in [0.5, 0.6) is 6.01 Å². The summed E-state index contributed by atoms with van der Waals surface area (Å²) in [5.41, 5.74) is 0. The average Bonchev–Trinajstić information content (AvgIpc) is 2.88. The maximum Gasteiger partial charge on any atom is 0.322 e. The Kier molecular flexibility index (Phi) is 4.57. The van der Waals surface area contributed by atoms with E-state index in [-0.39, 0.29) is 11.3 Å². The average molecular weight is 283 g/mol. The van der Waals surface area contributed by atoms with Crippen molar-refractivity contribution in [2.75, 3.05) is 18.6 Å². The third kappa shape index (κ3) is 3.82. The van der Waals surface area contributed by atoms with E-state index in [0.29, 0.717) is 19.1 Å². The maximum atomic E-state index is 5.86. The van der Waals surface area contributed by atoms with Crippen LogP contribution in [-0.2, 0) is 6.54 Å². The van der Waals surface area contributed by atoms with Gasteiger partial charge in [0.2, 0.25) is 11.2 Å². The number of hydrogen-bond acceptors (Lipinski definition) is 6. The van der Waals surface area contributed by atoms with E-state index in [2.05, 4.69) is 15.0 Å². The number of aromatic nitrogens is 3. The molecule has 2 aromatic heterocycles. The maximum absolute atomic E-state index is 5.86. The van der Waals surface area contributed by atoms with Crippen LogP contribution in [0.15, 0.2) is 22.8 Å². The summed E-state index contributed by atoms with van der Waals surface area (Å²) >= 11 is 5.86. The number of nitrogens with zero attached hydrogens (tertiary/aromatic N) is 4. The molecule has 2 heterocycles. The standard InChI is InChI=1S/C12H15ClN4O2/c1-3-6-19-12-15-10(13)14-11(16-12)17(2)8-9-5-4-7-18-9/h4-5,7H,3,6,8H2,1-2H3. The van der Waals surface area contributed by atoms with Gasteiger partial charge in [0, 0.05) is 7.05 Å². The zero-order valence-corrected chi connectivity index (χ0v) is 11.6. The molecule has 0 aromatic carbocycles. The minimum Gasteiger partial charge on any atom is -0.467 e. The third-order valence-corrected chi connectivity index (χ3v) is 2.49. The Morgan fingerprint density at radius 3 is 2.89 bits per heavy atom. The first-order chi connectivity index (χ1) is 9.19. The molecule has 0 fully saturated rings. The van der Waals surface area contributed by atoms with Crippen molar-refractivity contribution in [2.45, 2.75) is 19.9 Å². The fourth-order valence-electron chi connectivity index (χ4n) is 1.46. The quantitative estimate of drug-likeness (QED) is 0.811. The highest BCUT2D eigenvalue weighted by molar-refractivity contribution is 6.28. The first kappa shape index (κ1) is 13.6. The summed E-state index contributed by atoms with van der Waals surface area (Å²) in [6.07, 6.45) is 2.50. The molecule has 0 saturated carbocycles. The van der Waals surface area contributed by atoms with Gasteiger partial charge in [-0.25, -0.2) is 0 Å². The summed E-state index contributed by atoms with van der Waals surface area (Å²) in [5, 5.41) is 0.113. The van der Waals surface area contributed by atoms with Crippen LogP contribution in [0.2, 0.25) is 5.28 Å². The first-order valence-corrected chi connectivity index (χ1v) is 6.34. The van der Waals surface area contributed by atoms with Crippen LogP contribution in [0.25, 0.3) is 0 Å². The Labute approximate surface area is 116 Å². The summed E-state index contributed by atoms with van der Waals surface area (Å²) in [4.78, 5) is 14.0. The Hall–Kier alpha value is -1.82. The van der Waals surface area contributed by atoms with Crippen molar-refractivity contribution in [1.82, 2.24) is 15.0 Å². The second-order valence-corrected chi connectivity index (χ2v) is 4.31. The number of rotatable bonds is 6. The van der Waals surface area contributed by atoms with Crippen LogP contribution in [0, 0.1) is 0 Å². The normalized spacial score (nSPS) is 10.5. The Balaban J connectivity index is 2.11. The molecule has 0 unspecified atom stereocenters. The first-order valence-electron chi connectivity index (χ1n) is 5.97. The smallest absolute Gasteiger partial charge is 0.322 e. The van der Waals surface area contributed by atoms with Crippen molar-refractivity contribution in [2.24, 2.45) is 0 Å². The Morgan fingerprint density at radius 1 is 1.37 bits per heavy atom. The van der Waals surface area contributed by atoms with E-state index in [9.17, 15) is 0 Å². The molecule has 7 heteroatoms. The van der Waals surface area contributed by atoms with Crippen molar-refractivity contribution in [3.8, 4) is 6.01 Å². The highest BCUT2D eigenvalue weighted by atomic mass is 35.5. The molecular weight excluding hydrogens is 268 g/mol. The number of furan rings is 1. The second kappa shape index (κ2) is 6.38. The van der Waals surface area contributed by atoms with E-state index in [1.807, 2.05) is 31.0 Å². The van der Waals surface area contributed by atoms with Gasteiger partial charge in [-0.15, -0.1) is 0 Å². The Bertz CT molecular complexity index is 518. The van der Waals surface area contributed by atoms with Crippen molar-refractivity contribution in [1.29, 1.82) is 0 Å². The van der Waals surface area contributed by atoms with Crippen LogP contribution in [0.1, 0.15) is 19.1 Å². The van der Waals surface area contributed by atoms with E-state index in [4.69, 9.17) is 20.8 Å². The lowest BCUT2D eigenvalue weighted by atomic mass is 10.4. The van der Waals surface area contributed by atoms with E-state index >= 15 is 0 Å². The van der Waals surface area contributed by atoms with Gasteiger partial charge in [0.15, 0.2) is 0 Å². The SMILES string of the molecule is CCCOc1nc(Cl)nc(N(C)Cc2ccco2)n1. The van der Waals surface area contributed by atoms with Gasteiger partial charge in [-0.3, -0.25) is 0 Å². The molecule has 0 spiro atoms. The lowest BCUT2D eigenvalue weighted by Crippen LogP contribution is -2.19. The van der Waals surface area contributed by atoms with E-state index in [1.54, 1.807) is 6.26 Å². The number of halogens is 1. The minimum atomic E-state index is 0.113. The number of anilines is 1. The molecule has 0 amide bonds. The van der Waals surface area contributed by atoms with Gasteiger partial charge in [0.25, 0.3) is 0 Å². The van der Waals surface area contributed by atoms with Gasteiger partial charge in [0.1, 0.15) is 5.76 Å². The van der Waals surface area contributed by atoms with Crippen molar-refractivity contribution in [3.63, 3.8) is 0 Å². The van der Waals surface area contributed by atoms with Crippen LogP contribution in [0.4, 0.5) is 5.95 Å². The van der Waals surface area contributed by atoms with Crippen LogP contribution in [0.3, 0.4) is 0 Å². The molecule has 0 N–H and O–H groups in total. The van der Waals surface area contributed by atoms with E-state index in [1.165, 1.54) is 0 Å². The predicted octanol–water partition coefficient (Wildman–Crippen LogP) is 2.54. The lowest BCUT2D eigenvalue weighted by molar-refractivity contribution is 0.291. The van der Waals surface area contributed by atoms with Gasteiger partial charge in [-0.2, -0.15) is 15.0 Å². The largest absolute Gasteiger partial charge is 0.467 e. The summed E-state index contributed by atoms with van der Waals surface area (Å²) in [5.74, 6) is 1.26. The van der Waals surface area contributed by atoms with Crippen molar-refractivity contribution < 1.29 is 9.15 Å². The highest BCUT2D eigenvalue weighted by Gasteiger charge is 2.11. The third-order valence-electron chi connectivity index (χ3n) is 2.33. The highest BCUT2D eigenvalue weighted by Crippen LogP contribution is 2.16. The van der Waals surface area contributed by atoms with E-state index < -0.39 is 0 Å². The zero-order chi connectivity index (χ0) is 13.7. The van der Waals surface area contributed by atoms with Gasteiger partial charge < -0.3 is 14.1 Å². The Morgan fingerprint density at radius 2 is 2.21 bits per heavy atom. The van der Waals surface area contributed by atoms with Gasteiger partial charge >= 0.3 is 6.01 Å². The number of hydrogen-bond donors (Lipinski definition) is 0. The van der Waals surface area contributed by atoms with Crippen LogP contribution in [-0.4, -0.2) is 28.6 Å². The number of ether oxygens (including phenoxy) is 1. The molecule has 6 nitrogen and oxygen atoms in total.